The molecule has 1 N–H and O–H groups in total. The quantitative estimate of drug-likeness (QED) is 0.896. The van der Waals surface area contributed by atoms with Crippen LogP contribution in [0.2, 0.25) is 5.02 Å². The van der Waals surface area contributed by atoms with Crippen molar-refractivity contribution in [2.24, 2.45) is 0 Å². The Kier molecular flexibility index (Phi) is 3.51. The van der Waals surface area contributed by atoms with Gasteiger partial charge in [-0.1, -0.05) is 11.6 Å². The van der Waals surface area contributed by atoms with Gasteiger partial charge in [-0.15, -0.1) is 0 Å². The van der Waals surface area contributed by atoms with E-state index in [2.05, 4.69) is 15.5 Å². The molecule has 1 heterocycles. The fraction of sp³-hybridized carbons (Fsp3) is 0. The molecule has 2 aromatic rings. The van der Waals surface area contributed by atoms with E-state index in [0.29, 0.717) is 11.3 Å². The first-order valence-electron chi connectivity index (χ1n) is 4.98. The number of nitrogens with zero attached hydrogens (tertiary/aromatic N) is 3. The third-order valence-electron chi connectivity index (χ3n) is 2.18. The molecule has 2 rings (SSSR count). The summed E-state index contributed by atoms with van der Waals surface area (Å²) in [5, 5.41) is 18.9. The van der Waals surface area contributed by atoms with Gasteiger partial charge in [-0.2, -0.15) is 15.5 Å². The van der Waals surface area contributed by atoms with Gasteiger partial charge in [-0.05, 0) is 24.3 Å². The zero-order chi connectivity index (χ0) is 13.0. The Labute approximate surface area is 108 Å². The first kappa shape index (κ1) is 12.0. The van der Waals surface area contributed by atoms with E-state index in [4.69, 9.17) is 16.9 Å². The number of hydrogen-bond donors (Lipinski definition) is 1. The van der Waals surface area contributed by atoms with Crippen LogP contribution in [0.5, 0.6) is 0 Å². The predicted octanol–water partition coefficient (Wildman–Crippen LogP) is 2.25. The van der Waals surface area contributed by atoms with Crippen molar-refractivity contribution in [1.29, 1.82) is 5.26 Å². The molecule has 0 atom stereocenters. The van der Waals surface area contributed by atoms with Gasteiger partial charge in [0.25, 0.3) is 5.91 Å². The number of amides is 1. The van der Waals surface area contributed by atoms with E-state index in [1.54, 1.807) is 12.1 Å². The molecule has 0 unspecified atom stereocenters. The number of halogens is 1. The number of rotatable bonds is 2. The highest BCUT2D eigenvalue weighted by Crippen LogP contribution is 2.18. The Morgan fingerprint density at radius 1 is 1.33 bits per heavy atom. The number of anilines is 1. The van der Waals surface area contributed by atoms with Crippen molar-refractivity contribution in [3.63, 3.8) is 0 Å². The molecular formula is C12H7ClN4O. The number of hydrogen-bond acceptors (Lipinski definition) is 4. The van der Waals surface area contributed by atoms with Crippen molar-refractivity contribution in [2.45, 2.75) is 0 Å². The molecule has 88 valence electrons. The predicted molar refractivity (Wildman–Crippen MR) is 66.2 cm³/mol. The number of carbonyl (C=O) groups is 1. The van der Waals surface area contributed by atoms with Crippen molar-refractivity contribution in [3.05, 3.63) is 52.8 Å². The minimum Gasteiger partial charge on any atom is -0.320 e. The van der Waals surface area contributed by atoms with Gasteiger partial charge in [-0.25, -0.2) is 0 Å². The molecule has 6 heteroatoms. The molecule has 0 aliphatic heterocycles. The second-order valence-electron chi connectivity index (χ2n) is 3.39. The lowest BCUT2D eigenvalue weighted by Crippen LogP contribution is -2.13. The van der Waals surface area contributed by atoms with E-state index in [9.17, 15) is 4.79 Å². The van der Waals surface area contributed by atoms with E-state index in [0.717, 1.165) is 0 Å². The SMILES string of the molecule is N#Cc1ccc(Cl)c(C(=O)Nc2ccnnc2)c1. The minimum atomic E-state index is -0.398. The van der Waals surface area contributed by atoms with Gasteiger partial charge in [0.15, 0.2) is 0 Å². The highest BCUT2D eigenvalue weighted by Gasteiger charge is 2.11. The van der Waals surface area contributed by atoms with Crippen LogP contribution in [-0.4, -0.2) is 16.1 Å². The second-order valence-corrected chi connectivity index (χ2v) is 3.80. The maximum atomic E-state index is 11.9. The topological polar surface area (TPSA) is 78.7 Å². The molecule has 0 fully saturated rings. The summed E-state index contributed by atoms with van der Waals surface area (Å²) in [7, 11) is 0. The molecular weight excluding hydrogens is 252 g/mol. The molecule has 0 aliphatic carbocycles. The Balaban J connectivity index is 2.27. The normalized spacial score (nSPS) is 9.56. The van der Waals surface area contributed by atoms with Gasteiger partial charge in [0, 0.05) is 0 Å². The number of nitriles is 1. The van der Waals surface area contributed by atoms with Crippen molar-refractivity contribution in [3.8, 4) is 6.07 Å². The third-order valence-corrected chi connectivity index (χ3v) is 2.51. The molecule has 1 aromatic carbocycles. The Morgan fingerprint density at radius 3 is 2.83 bits per heavy atom. The summed E-state index contributed by atoms with van der Waals surface area (Å²) in [5.41, 5.74) is 1.12. The monoisotopic (exact) mass is 258 g/mol. The summed E-state index contributed by atoms with van der Waals surface area (Å²) < 4.78 is 0. The van der Waals surface area contributed by atoms with Crippen LogP contribution in [0.25, 0.3) is 0 Å². The highest BCUT2D eigenvalue weighted by molar-refractivity contribution is 6.34. The molecule has 18 heavy (non-hydrogen) atoms. The standard InChI is InChI=1S/C12H7ClN4O/c13-11-2-1-8(6-14)5-10(11)12(18)17-9-3-4-15-16-7-9/h1-5,7H,(H,15,17,18). The van der Waals surface area contributed by atoms with Gasteiger partial charge >= 0.3 is 0 Å². The number of aromatic nitrogens is 2. The molecule has 0 bridgehead atoms. The molecule has 5 nitrogen and oxygen atoms in total. The van der Waals surface area contributed by atoms with Crippen molar-refractivity contribution in [2.75, 3.05) is 5.32 Å². The molecule has 0 saturated carbocycles. The first-order chi connectivity index (χ1) is 8.70. The smallest absolute Gasteiger partial charge is 0.257 e. The fourth-order valence-electron chi connectivity index (χ4n) is 1.33. The lowest BCUT2D eigenvalue weighted by molar-refractivity contribution is 0.102. The summed E-state index contributed by atoms with van der Waals surface area (Å²) in [5.74, 6) is -0.398. The van der Waals surface area contributed by atoms with E-state index in [1.165, 1.54) is 24.5 Å². The zero-order valence-corrected chi connectivity index (χ0v) is 9.85. The lowest BCUT2D eigenvalue weighted by atomic mass is 10.1. The van der Waals surface area contributed by atoms with E-state index in [-0.39, 0.29) is 10.6 Å². The number of carbonyl (C=O) groups excluding carboxylic acids is 1. The van der Waals surface area contributed by atoms with Crippen molar-refractivity contribution >= 4 is 23.2 Å². The average molecular weight is 259 g/mol. The van der Waals surface area contributed by atoms with Crippen LogP contribution < -0.4 is 5.32 Å². The lowest BCUT2D eigenvalue weighted by Gasteiger charge is -2.06. The summed E-state index contributed by atoms with van der Waals surface area (Å²) in [4.78, 5) is 11.9. The van der Waals surface area contributed by atoms with Gasteiger partial charge in [0.2, 0.25) is 0 Å². The van der Waals surface area contributed by atoms with Gasteiger partial charge in [-0.3, -0.25) is 4.79 Å². The molecule has 0 aliphatic rings. The maximum Gasteiger partial charge on any atom is 0.257 e. The molecule has 0 radical (unpaired) electrons. The number of benzene rings is 1. The number of nitrogens with one attached hydrogen (secondary N) is 1. The van der Waals surface area contributed by atoms with Crippen LogP contribution in [0.4, 0.5) is 5.69 Å². The van der Waals surface area contributed by atoms with E-state index in [1.807, 2.05) is 6.07 Å². The summed E-state index contributed by atoms with van der Waals surface area (Å²) in [6.07, 6.45) is 2.88. The maximum absolute atomic E-state index is 11.9. The van der Waals surface area contributed by atoms with Crippen LogP contribution >= 0.6 is 11.6 Å². The van der Waals surface area contributed by atoms with Gasteiger partial charge in [0.1, 0.15) is 0 Å². The molecule has 0 saturated heterocycles. The van der Waals surface area contributed by atoms with Gasteiger partial charge < -0.3 is 5.32 Å². The summed E-state index contributed by atoms with van der Waals surface area (Å²) >= 11 is 5.92. The largest absolute Gasteiger partial charge is 0.320 e. The molecule has 0 spiro atoms. The fourth-order valence-corrected chi connectivity index (χ4v) is 1.54. The third kappa shape index (κ3) is 2.62. The van der Waals surface area contributed by atoms with Crippen LogP contribution in [-0.2, 0) is 0 Å². The molecule has 1 aromatic heterocycles. The zero-order valence-electron chi connectivity index (χ0n) is 9.09. The highest BCUT2D eigenvalue weighted by atomic mass is 35.5. The van der Waals surface area contributed by atoms with Crippen LogP contribution in [0.15, 0.2) is 36.7 Å². The Morgan fingerprint density at radius 2 is 2.17 bits per heavy atom. The Bertz CT molecular complexity index is 622. The van der Waals surface area contributed by atoms with Gasteiger partial charge in [0.05, 0.1) is 40.3 Å². The summed E-state index contributed by atoms with van der Waals surface area (Å²) in [6.45, 7) is 0. The average Bonchev–Trinajstić information content (AvgIpc) is 2.40. The van der Waals surface area contributed by atoms with Crippen LogP contribution in [0.1, 0.15) is 15.9 Å². The first-order valence-corrected chi connectivity index (χ1v) is 5.36. The second kappa shape index (κ2) is 5.25. The minimum absolute atomic E-state index is 0.243. The van der Waals surface area contributed by atoms with Crippen LogP contribution in [0.3, 0.4) is 0 Å². The molecule has 1 amide bonds. The van der Waals surface area contributed by atoms with Crippen LogP contribution in [0, 0.1) is 11.3 Å². The van der Waals surface area contributed by atoms with Crippen molar-refractivity contribution < 1.29 is 4.79 Å². The van der Waals surface area contributed by atoms with E-state index >= 15 is 0 Å². The summed E-state index contributed by atoms with van der Waals surface area (Å²) in [6, 6.07) is 8.06. The Hall–Kier alpha value is -2.45. The van der Waals surface area contributed by atoms with E-state index < -0.39 is 5.91 Å². The van der Waals surface area contributed by atoms with Crippen molar-refractivity contribution in [1.82, 2.24) is 10.2 Å².